The molecule has 2 heterocycles. The fourth-order valence-electron chi connectivity index (χ4n) is 7.41. The second-order valence-electron chi connectivity index (χ2n) is 11.0. The highest BCUT2D eigenvalue weighted by Gasteiger charge is 2.68. The topological polar surface area (TPSA) is 131 Å². The van der Waals surface area contributed by atoms with Crippen LogP contribution in [0.25, 0.3) is 0 Å². The minimum Gasteiger partial charge on any atom is -0.503 e. The molecule has 0 bridgehead atoms. The van der Waals surface area contributed by atoms with Gasteiger partial charge in [-0.25, -0.2) is 9.69 Å². The number of anilines is 1. The minimum absolute atomic E-state index is 0.00316. The van der Waals surface area contributed by atoms with E-state index in [-0.39, 0.29) is 29.4 Å². The molecule has 5 amide bonds. The van der Waals surface area contributed by atoms with Crippen molar-refractivity contribution in [3.63, 3.8) is 0 Å². The largest absolute Gasteiger partial charge is 0.503 e. The summed E-state index contributed by atoms with van der Waals surface area (Å²) in [5.74, 6) is -6.23. The summed E-state index contributed by atoms with van der Waals surface area (Å²) in [5, 5.41) is 10.4. The highest BCUT2D eigenvalue weighted by Crippen LogP contribution is 2.64. The van der Waals surface area contributed by atoms with E-state index in [4.69, 9.17) is 21.1 Å². The maximum atomic E-state index is 14.3. The summed E-state index contributed by atoms with van der Waals surface area (Å²) in [6, 6.07) is 11.7. The molecule has 3 fully saturated rings. The van der Waals surface area contributed by atoms with Gasteiger partial charge in [-0.1, -0.05) is 41.4 Å². The number of imide groups is 4. The van der Waals surface area contributed by atoms with Crippen LogP contribution >= 0.6 is 11.6 Å². The Morgan fingerprint density at radius 3 is 2.39 bits per heavy atom. The van der Waals surface area contributed by atoms with Crippen molar-refractivity contribution in [3.05, 3.63) is 64.7 Å². The van der Waals surface area contributed by atoms with E-state index in [1.807, 2.05) is 6.08 Å². The number of rotatable bonds is 3. The van der Waals surface area contributed by atoms with Gasteiger partial charge in [0.25, 0.3) is 0 Å². The second-order valence-corrected chi connectivity index (χ2v) is 11.4. The van der Waals surface area contributed by atoms with E-state index in [1.54, 1.807) is 43.3 Å². The molecule has 1 N–H and O–H groups in total. The lowest BCUT2D eigenvalue weighted by Gasteiger charge is -2.49. The van der Waals surface area contributed by atoms with E-state index >= 15 is 0 Å². The Hall–Kier alpha value is -4.18. The Labute approximate surface area is 240 Å². The van der Waals surface area contributed by atoms with Crippen LogP contribution in [0.15, 0.2) is 54.1 Å². The van der Waals surface area contributed by atoms with Crippen LogP contribution in [0.4, 0.5) is 10.5 Å². The average molecular weight is 579 g/mol. The highest BCUT2D eigenvalue weighted by atomic mass is 35.5. The van der Waals surface area contributed by atoms with Crippen LogP contribution in [-0.4, -0.2) is 53.9 Å². The molecule has 11 heteroatoms. The van der Waals surface area contributed by atoms with Crippen LogP contribution < -0.4 is 9.64 Å². The molecule has 2 aromatic rings. The van der Waals surface area contributed by atoms with Crippen molar-refractivity contribution in [2.45, 2.75) is 25.7 Å². The molecule has 4 aliphatic rings. The van der Waals surface area contributed by atoms with Crippen molar-refractivity contribution < 1.29 is 38.6 Å². The van der Waals surface area contributed by atoms with E-state index in [9.17, 15) is 29.1 Å². The van der Waals surface area contributed by atoms with Gasteiger partial charge in [0.1, 0.15) is 0 Å². The first kappa shape index (κ1) is 27.0. The van der Waals surface area contributed by atoms with Crippen LogP contribution in [0.3, 0.4) is 0 Å². The monoisotopic (exact) mass is 578 g/mol. The Bertz CT molecular complexity index is 1550. The van der Waals surface area contributed by atoms with Gasteiger partial charge in [0.05, 0.1) is 48.1 Å². The highest BCUT2D eigenvalue weighted by molar-refractivity contribution is 6.32. The van der Waals surface area contributed by atoms with Gasteiger partial charge in [-0.15, -0.1) is 0 Å². The summed E-state index contributed by atoms with van der Waals surface area (Å²) in [6.45, 7) is 1.74. The Morgan fingerprint density at radius 1 is 1.02 bits per heavy atom. The van der Waals surface area contributed by atoms with E-state index < -0.39 is 64.7 Å². The quantitative estimate of drug-likeness (QED) is 0.426. The van der Waals surface area contributed by atoms with Crippen molar-refractivity contribution in [1.29, 1.82) is 0 Å². The van der Waals surface area contributed by atoms with Crippen LogP contribution in [0.5, 0.6) is 11.5 Å². The number of methoxy groups -OCH3 is 2. The SMILES string of the molecule is COC(=O)N1C(=O)C2CC=C3C(CC4C(=O)N(c5ccccc5)C(=O)C4(C)C3c3cc(Cl)c(O)c(OC)c3)C2C1=O. The Balaban J connectivity index is 1.55. The number of hydrogen-bond donors (Lipinski definition) is 1. The lowest BCUT2D eigenvalue weighted by molar-refractivity contribution is -0.138. The molecule has 0 aromatic heterocycles. The number of fused-ring (bicyclic) bond motifs is 4. The maximum absolute atomic E-state index is 14.3. The molecule has 2 aliphatic carbocycles. The Morgan fingerprint density at radius 2 is 1.73 bits per heavy atom. The zero-order chi connectivity index (χ0) is 29.4. The summed E-state index contributed by atoms with van der Waals surface area (Å²) in [6.07, 6.45) is 1.09. The predicted octanol–water partition coefficient (Wildman–Crippen LogP) is 4.05. The van der Waals surface area contributed by atoms with E-state index in [0.717, 1.165) is 7.11 Å². The van der Waals surface area contributed by atoms with Crippen molar-refractivity contribution >= 4 is 47.0 Å². The molecular weight excluding hydrogens is 552 g/mol. The Kier molecular flexibility index (Phi) is 6.22. The number of allylic oxidation sites excluding steroid dienone is 2. The zero-order valence-electron chi connectivity index (χ0n) is 22.5. The fraction of sp³-hybridized carbons (Fsp3) is 0.367. The number of hydrogen-bond acceptors (Lipinski definition) is 8. The minimum atomic E-state index is -1.29. The second kappa shape index (κ2) is 9.44. The van der Waals surface area contributed by atoms with E-state index in [0.29, 0.717) is 21.7 Å². The third kappa shape index (κ3) is 3.59. The van der Waals surface area contributed by atoms with Gasteiger partial charge in [-0.05, 0) is 55.5 Å². The van der Waals surface area contributed by atoms with Crippen molar-refractivity contribution in [1.82, 2.24) is 4.90 Å². The van der Waals surface area contributed by atoms with E-state index in [2.05, 4.69) is 0 Å². The number of carbonyl (C=O) groups is 5. The lowest BCUT2D eigenvalue weighted by atomic mass is 9.51. The third-order valence-electron chi connectivity index (χ3n) is 9.25. The molecule has 2 aliphatic heterocycles. The number of halogens is 1. The summed E-state index contributed by atoms with van der Waals surface area (Å²) in [7, 11) is 2.47. The first-order chi connectivity index (χ1) is 19.6. The number of para-hydroxylation sites is 1. The molecule has 1 saturated carbocycles. The molecule has 41 heavy (non-hydrogen) atoms. The zero-order valence-corrected chi connectivity index (χ0v) is 23.3. The first-order valence-electron chi connectivity index (χ1n) is 13.2. The molecule has 0 radical (unpaired) electrons. The fourth-order valence-corrected chi connectivity index (χ4v) is 7.63. The molecule has 6 rings (SSSR count). The summed E-state index contributed by atoms with van der Waals surface area (Å²) >= 11 is 6.40. The molecule has 10 nitrogen and oxygen atoms in total. The lowest BCUT2D eigenvalue weighted by Crippen LogP contribution is -2.49. The van der Waals surface area contributed by atoms with Gasteiger partial charge in [0, 0.05) is 5.92 Å². The first-order valence-corrected chi connectivity index (χ1v) is 13.6. The van der Waals surface area contributed by atoms with Crippen LogP contribution in [0, 0.1) is 29.1 Å². The number of likely N-dealkylation sites (tertiary alicyclic amines) is 1. The smallest absolute Gasteiger partial charge is 0.423 e. The maximum Gasteiger partial charge on any atom is 0.423 e. The normalized spacial score (nSPS) is 30.5. The van der Waals surface area contributed by atoms with Crippen LogP contribution in [-0.2, 0) is 23.9 Å². The average Bonchev–Trinajstić information content (AvgIpc) is 3.34. The standard InChI is InChI=1S/C30H27ClN2O8/c1-30-19(26(36)32(28(30)38)15-7-5-4-6-8-15)13-18-16(23(30)14-11-20(31)24(34)21(12-14)40-2)9-10-17-22(18)27(37)33(25(17)35)29(39)41-3/h4-9,11-12,17-19,22-23,34H,10,13H2,1-3H3. The number of ether oxygens (including phenoxy) is 2. The molecule has 2 aromatic carbocycles. The molecule has 6 atom stereocenters. The summed E-state index contributed by atoms with van der Waals surface area (Å²) in [5.41, 5.74) is 0.361. The summed E-state index contributed by atoms with van der Waals surface area (Å²) < 4.78 is 10.1. The van der Waals surface area contributed by atoms with Gasteiger partial charge in [0.2, 0.25) is 23.6 Å². The molecule has 2 saturated heterocycles. The number of carbonyl (C=O) groups excluding carboxylic acids is 5. The number of aromatic hydroxyl groups is 1. The molecule has 0 spiro atoms. The molecule has 212 valence electrons. The summed E-state index contributed by atoms with van der Waals surface area (Å²) in [4.78, 5) is 69.3. The number of nitrogens with zero attached hydrogens (tertiary/aromatic N) is 2. The van der Waals surface area contributed by atoms with Gasteiger partial charge < -0.3 is 14.6 Å². The van der Waals surface area contributed by atoms with Crippen LogP contribution in [0.2, 0.25) is 5.02 Å². The van der Waals surface area contributed by atoms with E-state index in [1.165, 1.54) is 18.1 Å². The number of phenols is 1. The van der Waals surface area contributed by atoms with Gasteiger partial charge >= 0.3 is 6.09 Å². The molecular formula is C30H27ClN2O8. The molecule has 6 unspecified atom stereocenters. The van der Waals surface area contributed by atoms with Crippen molar-refractivity contribution in [2.75, 3.05) is 19.1 Å². The van der Waals surface area contributed by atoms with Gasteiger partial charge in [0.15, 0.2) is 11.5 Å². The van der Waals surface area contributed by atoms with Gasteiger partial charge in [-0.3, -0.25) is 19.2 Å². The number of phenolic OH excluding ortho intramolecular Hbond substituents is 1. The third-order valence-corrected chi connectivity index (χ3v) is 9.54. The predicted molar refractivity (Wildman–Crippen MR) is 145 cm³/mol. The van der Waals surface area contributed by atoms with Crippen molar-refractivity contribution in [3.8, 4) is 11.5 Å². The van der Waals surface area contributed by atoms with Crippen molar-refractivity contribution in [2.24, 2.45) is 29.1 Å². The van der Waals surface area contributed by atoms with Gasteiger partial charge in [-0.2, -0.15) is 4.90 Å². The van der Waals surface area contributed by atoms with Crippen LogP contribution in [0.1, 0.15) is 31.2 Å². The number of amides is 5. The number of benzene rings is 2.